The molecule has 0 spiro atoms. The van der Waals surface area contributed by atoms with Crippen LogP contribution in [0.15, 0.2) is 200 Å². The van der Waals surface area contributed by atoms with Gasteiger partial charge < -0.3 is 128 Å². The van der Waals surface area contributed by atoms with Gasteiger partial charge in [-0.2, -0.15) is 0 Å². The number of primary amides is 1. The predicted molar refractivity (Wildman–Crippen MR) is 607 cm³/mol. The van der Waals surface area contributed by atoms with Crippen LogP contribution in [0.5, 0.6) is 23.0 Å². The fraction of sp³-hybridized carbons (Fsp3) is 0.283. The number of hydrogen-bond donors (Lipinski definition) is 13. The van der Waals surface area contributed by atoms with Crippen LogP contribution in [-0.4, -0.2) is 286 Å². The van der Waals surface area contributed by atoms with Gasteiger partial charge >= 0.3 is 0 Å². The molecule has 0 unspecified atom stereocenters. The monoisotopic (exact) mass is 2070 g/mol. The van der Waals surface area contributed by atoms with E-state index >= 15 is 0 Å². The Morgan fingerprint density at radius 1 is 0.436 bits per heavy atom. The van der Waals surface area contributed by atoms with E-state index in [2.05, 4.69) is 183 Å². The summed E-state index contributed by atoms with van der Waals surface area (Å²) in [5, 5.41) is 40.6. The number of aryl methyl sites for hydroxylation is 2. The molecular formula is C106H135Cl2N31O10. The highest BCUT2D eigenvalue weighted by Gasteiger charge is 2.26. The van der Waals surface area contributed by atoms with Crippen LogP contribution >= 0.6 is 23.2 Å². The van der Waals surface area contributed by atoms with Crippen LogP contribution in [0.25, 0.3) is 47.1 Å². The average Bonchev–Trinajstić information content (AvgIpc) is 0.792. The Kier molecular flexibility index (Phi) is 44.1. The Balaban J connectivity index is 0.000000242. The Morgan fingerprint density at radius 2 is 0.812 bits per heavy atom. The van der Waals surface area contributed by atoms with Crippen molar-refractivity contribution in [1.82, 2.24) is 70.1 Å². The van der Waals surface area contributed by atoms with Crippen molar-refractivity contribution in [2.45, 2.75) is 28.2 Å². The summed E-state index contributed by atoms with van der Waals surface area (Å²) in [6.45, 7) is 33.7. The van der Waals surface area contributed by atoms with Gasteiger partial charge in [0.05, 0.1) is 164 Å². The highest BCUT2D eigenvalue weighted by Crippen LogP contribution is 2.43. The SMILES string of the molecule is C.C=CC(=O)Nc1cc(NC2=NC=C(Cl)C(=c3cnc(=C)c(C)c3)N2)c(OC)cc1N(C)CCN(C)C.C=CC(=O)Nc1cc(NC2=NC=CC(=c3cnc(=C)c(C)c3)N2)c(OC)cc1N(C)CCN(C)C.C=CC(=O)Nc1cc(Nc2ncc(Cl)c(-c3cnc(NC)c(C(C)=O)c3)n2)c(OC)cc1N(C)CCN(C)C.C=CC(=O)Nc1cc(Nc2nccc(-c3cnc(NC)c(C(N)=O)c3)n2)c(OC)cc1N(C)CCN(C)C. The number of anilines is 16. The third-order valence-electron chi connectivity index (χ3n) is 22.5. The van der Waals surface area contributed by atoms with Gasteiger partial charge in [0, 0.05) is 178 Å². The second-order valence-corrected chi connectivity index (χ2v) is 35.3. The third kappa shape index (κ3) is 33.1. The van der Waals surface area contributed by atoms with Gasteiger partial charge in [-0.25, -0.2) is 39.9 Å². The summed E-state index contributed by atoms with van der Waals surface area (Å²) in [5.74, 6) is 2.43. The molecule has 0 fully saturated rings. The molecule has 41 nitrogen and oxygen atoms in total. The molecule has 0 saturated carbocycles. The summed E-state index contributed by atoms with van der Waals surface area (Å²) in [6.07, 6.45) is 19.7. The van der Waals surface area contributed by atoms with Crippen molar-refractivity contribution >= 4 is 187 Å². The zero-order valence-corrected chi connectivity index (χ0v) is 88.9. The van der Waals surface area contributed by atoms with Crippen LogP contribution in [0.3, 0.4) is 0 Å². The van der Waals surface area contributed by atoms with Crippen molar-refractivity contribution in [3.63, 3.8) is 0 Å². The second-order valence-electron chi connectivity index (χ2n) is 34.5. The Hall–Kier alpha value is -16.9. The number of halogens is 2. The van der Waals surface area contributed by atoms with Crippen LogP contribution in [0.1, 0.15) is 46.2 Å². The number of pyridine rings is 4. The third-order valence-corrected chi connectivity index (χ3v) is 23.1. The summed E-state index contributed by atoms with van der Waals surface area (Å²) >= 11 is 12.9. The molecule has 12 rings (SSSR count). The number of likely N-dealkylation sites (N-methyl/N-ethyl adjacent to an activating group) is 8. The fourth-order valence-corrected chi connectivity index (χ4v) is 14.6. The van der Waals surface area contributed by atoms with E-state index in [1.54, 1.807) is 122 Å². The molecule has 2 aliphatic rings. The Morgan fingerprint density at radius 3 is 1.19 bits per heavy atom. The van der Waals surface area contributed by atoms with E-state index in [4.69, 9.17) is 47.9 Å². The normalized spacial score (nSPS) is 12.3. The van der Waals surface area contributed by atoms with Crippen LogP contribution in [0.4, 0.5) is 91.8 Å². The lowest BCUT2D eigenvalue weighted by atomic mass is 10.1. The standard InChI is InChI=1S/C27H33ClN8O3.C26H32ClN7O2.C26H33N9O3.C26H33N7O2.CH4/c1-8-24(38)32-20-12-21(23(39-7)13-22(20)36(6)10-9-35(4)5)33-27-31-15-19(28)25(34-27)17-11-18(16(2)37)26(29-3)30-14-17;1-8-24(35)30-20-12-21(23(36-7)13-22(20)34(6)10-9-33(4)5)31-26-29-15-19(27)25(32-26)18-11-16(2)17(3)28-14-18;1-7-23(36)31-19-13-20(22(38-6)14-21(19)35(5)11-10-34(3)4)33-26-29-9-8-18(32-26)16-12-17(24(27)37)25(28-2)30-15-16;1-8-25(34)29-21-14-22(24(35-7)15-23(21)33(6)12-11-32(4)5)31-26-27-10-9-20(30-26)19-13-17(2)18(3)28-16-19;/h8,11-15H,1,9-10H2,2-7H3,(H,29,30)(H,32,38)(H,31,33,34);8,11-15H,1,3,9-10H2,2,4-7H3,(H,30,35)(H2,29,31,32);7-9,12-15H,1,10-11H2,2-6H3,(H2,27,37)(H,28,30)(H,31,36)(H,29,32,33);8-10,13-16H,1,3,11-12H2,2,4-7H3,(H,29,34)(H2,27,30,31);1H4. The number of carbonyl (C=O) groups is 6. The summed E-state index contributed by atoms with van der Waals surface area (Å²) in [5.41, 5.74) is 19.5. The first-order valence-corrected chi connectivity index (χ1v) is 47.0. The number of hydrogen-bond acceptors (Lipinski definition) is 36. The van der Waals surface area contributed by atoms with E-state index in [1.165, 1.54) is 37.4 Å². The molecule has 8 heterocycles. The van der Waals surface area contributed by atoms with Crippen LogP contribution in [0, 0.1) is 13.8 Å². The van der Waals surface area contributed by atoms with Gasteiger partial charge in [0.1, 0.15) is 34.6 Å². The second kappa shape index (κ2) is 56.0. The number of ether oxygens (including phenoxy) is 4. The number of Topliss-reactive ketones (excluding diaryl/α,β-unsaturated/α-hetero) is 1. The molecule has 6 aromatic heterocycles. The van der Waals surface area contributed by atoms with Crippen molar-refractivity contribution in [2.75, 3.05) is 252 Å². The number of nitrogens with one attached hydrogen (secondary N) is 12. The minimum Gasteiger partial charge on any atom is -0.494 e. The molecule has 0 saturated heterocycles. The predicted octanol–water partition coefficient (Wildman–Crippen LogP) is 11.3. The van der Waals surface area contributed by atoms with Crippen molar-refractivity contribution in [1.29, 1.82) is 0 Å². The van der Waals surface area contributed by atoms with Gasteiger partial charge in [-0.1, -0.05) is 70.1 Å². The molecule has 149 heavy (non-hydrogen) atoms. The smallest absolute Gasteiger partial charge is 0.252 e. The lowest BCUT2D eigenvalue weighted by Gasteiger charge is -2.26. The maximum atomic E-state index is 12.2. The van der Waals surface area contributed by atoms with Crippen molar-refractivity contribution < 1.29 is 47.7 Å². The van der Waals surface area contributed by atoms with Crippen molar-refractivity contribution in [3.8, 4) is 45.5 Å². The zero-order valence-electron chi connectivity index (χ0n) is 87.4. The topological polar surface area (TPSA) is 463 Å². The van der Waals surface area contributed by atoms with Crippen molar-refractivity contribution in [3.05, 3.63) is 239 Å². The maximum absolute atomic E-state index is 12.2. The molecule has 0 bridgehead atoms. The molecule has 0 aliphatic carbocycles. The first-order chi connectivity index (χ1) is 70.6. The quantitative estimate of drug-likeness (QED) is 0.0125. The van der Waals surface area contributed by atoms with Gasteiger partial charge in [-0.15, -0.1) is 0 Å². The van der Waals surface area contributed by atoms with Gasteiger partial charge in [-0.3, -0.25) is 38.7 Å². The average molecular weight is 2070 g/mol. The van der Waals surface area contributed by atoms with E-state index < -0.39 is 5.91 Å². The van der Waals surface area contributed by atoms with Crippen LogP contribution in [0.2, 0.25) is 5.02 Å². The minimum absolute atomic E-state index is 0. The number of rotatable bonds is 40. The number of carbonyl (C=O) groups excluding carboxylic acids is 6. The van der Waals surface area contributed by atoms with Gasteiger partial charge in [0.25, 0.3) is 5.91 Å². The minimum atomic E-state index is -0.606. The van der Waals surface area contributed by atoms with E-state index in [-0.39, 0.29) is 59.3 Å². The number of aliphatic imine (C=N–C) groups is 2. The molecule has 0 radical (unpaired) electrons. The van der Waals surface area contributed by atoms with E-state index in [1.807, 2.05) is 157 Å². The van der Waals surface area contributed by atoms with Crippen LogP contribution in [-0.2, 0) is 19.2 Å². The molecular weight excluding hydrogens is 1940 g/mol. The zero-order chi connectivity index (χ0) is 108. The van der Waals surface area contributed by atoms with E-state index in [0.717, 1.165) is 101 Å². The van der Waals surface area contributed by atoms with Gasteiger partial charge in [-0.05, 0) is 173 Å². The number of methoxy groups -OCH3 is 4. The number of ketones is 1. The molecule has 0 atom stereocenters. The highest BCUT2D eigenvalue weighted by molar-refractivity contribution is 6.36. The molecule has 5 amide bonds. The number of aromatic nitrogens is 8. The maximum Gasteiger partial charge on any atom is 0.252 e. The molecule has 2 aliphatic heterocycles. The lowest BCUT2D eigenvalue weighted by molar-refractivity contribution is -0.112. The largest absolute Gasteiger partial charge is 0.494 e. The summed E-state index contributed by atoms with van der Waals surface area (Å²) in [4.78, 5) is 133. The number of nitrogens with two attached hydrogens (primary N) is 1. The number of amides is 5. The lowest BCUT2D eigenvalue weighted by Crippen LogP contribution is -2.35. The molecule has 10 aromatic rings. The molecule has 14 N–H and O–H groups in total. The fourth-order valence-electron chi connectivity index (χ4n) is 14.2. The Bertz CT molecular complexity index is 6960. The summed E-state index contributed by atoms with van der Waals surface area (Å²) in [6, 6.07) is 23.5. The van der Waals surface area contributed by atoms with E-state index in [0.29, 0.717) is 143 Å². The first kappa shape index (κ1) is 117. The van der Waals surface area contributed by atoms with E-state index in [9.17, 15) is 28.8 Å². The van der Waals surface area contributed by atoms with Crippen LogP contribution < -0.4 is 129 Å². The number of benzene rings is 4. The number of guanidine groups is 2. The highest BCUT2D eigenvalue weighted by atomic mass is 35.5. The Labute approximate surface area is 879 Å². The molecule has 4 aromatic carbocycles. The summed E-state index contributed by atoms with van der Waals surface area (Å²) < 4.78 is 22.6. The summed E-state index contributed by atoms with van der Waals surface area (Å²) in [7, 11) is 33.5. The van der Waals surface area contributed by atoms with Crippen molar-refractivity contribution in [2.24, 2.45) is 15.7 Å². The number of nitrogens with zero attached hydrogens (tertiary/aromatic N) is 18. The van der Waals surface area contributed by atoms with Gasteiger partial charge in [0.15, 0.2) is 5.78 Å². The molecule has 788 valence electrons. The molecule has 43 heteroatoms. The first-order valence-electron chi connectivity index (χ1n) is 46.3. The van der Waals surface area contributed by atoms with Gasteiger partial charge in [0.2, 0.25) is 47.4 Å².